The normalized spacial score (nSPS) is 39.8. The quantitative estimate of drug-likeness (QED) is 0.413. The highest BCUT2D eigenvalue weighted by molar-refractivity contribution is 7.89. The average Bonchev–Trinajstić information content (AvgIpc) is 3.59. The highest BCUT2D eigenvalue weighted by Gasteiger charge is 2.54. The second-order valence-electron chi connectivity index (χ2n) is 13.1. The van der Waals surface area contributed by atoms with E-state index in [4.69, 9.17) is 10.1 Å². The number of nitrogens with one attached hydrogen (secondary N) is 2. The molecule has 1 aromatic rings. The molecule has 1 saturated heterocycles. The Hall–Kier alpha value is -1.43. The molecule has 0 aromatic carbocycles. The first-order valence-corrected chi connectivity index (χ1v) is 16.6. The number of sulfonamides is 1. The van der Waals surface area contributed by atoms with E-state index in [-0.39, 0.29) is 40.5 Å². The Labute approximate surface area is 238 Å². The van der Waals surface area contributed by atoms with Gasteiger partial charge in [0, 0.05) is 51.4 Å². The fourth-order valence-corrected chi connectivity index (χ4v) is 9.74. The highest BCUT2D eigenvalue weighted by atomic mass is 32.2. The van der Waals surface area contributed by atoms with Crippen molar-refractivity contribution in [3.63, 3.8) is 0 Å². The van der Waals surface area contributed by atoms with Crippen LogP contribution in [0.3, 0.4) is 0 Å². The predicted octanol–water partition coefficient (Wildman–Crippen LogP) is 4.65. The molecule has 1 aromatic heterocycles. The van der Waals surface area contributed by atoms with E-state index in [9.17, 15) is 17.2 Å². The third-order valence-corrected chi connectivity index (χ3v) is 12.2. The van der Waals surface area contributed by atoms with Gasteiger partial charge in [0.05, 0.1) is 12.4 Å². The standard InChI is InChI=1S/C29H47F2N5O3S/c1-35-17-28(33-19-35)40(37,38)36-12-11-29(18-36,15-20-3-5-22(30)6-4-20)25-13-21(16-32)26(14-27(25)39-2)34-24-9-7-23(31)8-10-24/h16-17,19-27,32,34H,3-15,18H2,1-2H3. The molecule has 0 spiro atoms. The number of aryl methyl sites for hydroxylation is 1. The van der Waals surface area contributed by atoms with Gasteiger partial charge in [-0.3, -0.25) is 0 Å². The molecule has 5 atom stereocenters. The van der Waals surface area contributed by atoms with Gasteiger partial charge in [-0.2, -0.15) is 4.31 Å². The van der Waals surface area contributed by atoms with Crippen molar-refractivity contribution < 1.29 is 21.9 Å². The van der Waals surface area contributed by atoms with Crippen molar-refractivity contribution >= 4 is 16.2 Å². The summed E-state index contributed by atoms with van der Waals surface area (Å²) in [6.45, 7) is 0.822. The predicted molar refractivity (Wildman–Crippen MR) is 150 cm³/mol. The molecule has 0 amide bonds. The van der Waals surface area contributed by atoms with E-state index in [2.05, 4.69) is 10.3 Å². The van der Waals surface area contributed by atoms with Crippen molar-refractivity contribution in [2.75, 3.05) is 20.2 Å². The van der Waals surface area contributed by atoms with E-state index in [1.807, 2.05) is 0 Å². The summed E-state index contributed by atoms with van der Waals surface area (Å²) >= 11 is 0. The molecule has 2 heterocycles. The minimum absolute atomic E-state index is 0.000555. The largest absolute Gasteiger partial charge is 0.381 e. The number of ether oxygens (including phenoxy) is 1. The maximum Gasteiger partial charge on any atom is 0.262 e. The van der Waals surface area contributed by atoms with Crippen molar-refractivity contribution in [3.05, 3.63) is 12.5 Å². The number of nitrogens with zero attached hydrogens (tertiary/aromatic N) is 3. The van der Waals surface area contributed by atoms with Crippen molar-refractivity contribution in [1.29, 1.82) is 5.41 Å². The maximum atomic E-state index is 14.0. The van der Waals surface area contributed by atoms with Crippen molar-refractivity contribution in [1.82, 2.24) is 19.2 Å². The number of methoxy groups -OCH3 is 1. The first-order valence-electron chi connectivity index (χ1n) is 15.2. The van der Waals surface area contributed by atoms with Gasteiger partial charge >= 0.3 is 0 Å². The van der Waals surface area contributed by atoms with Gasteiger partial charge in [0.1, 0.15) is 12.3 Å². The summed E-state index contributed by atoms with van der Waals surface area (Å²) in [5.41, 5.74) is -0.311. The van der Waals surface area contributed by atoms with Crippen LogP contribution in [0.5, 0.6) is 0 Å². The minimum atomic E-state index is -3.74. The average molecular weight is 584 g/mol. The smallest absolute Gasteiger partial charge is 0.262 e. The van der Waals surface area contributed by atoms with Crippen LogP contribution in [0.4, 0.5) is 8.78 Å². The summed E-state index contributed by atoms with van der Waals surface area (Å²) < 4.78 is 64.4. The summed E-state index contributed by atoms with van der Waals surface area (Å²) in [6.07, 6.45) is 11.7. The van der Waals surface area contributed by atoms with Crippen LogP contribution >= 0.6 is 0 Å². The second kappa shape index (κ2) is 12.4. The summed E-state index contributed by atoms with van der Waals surface area (Å²) in [4.78, 5) is 4.15. The zero-order chi connectivity index (χ0) is 28.5. The summed E-state index contributed by atoms with van der Waals surface area (Å²) in [6, 6.07) is 0.331. The molecule has 5 rings (SSSR count). The summed E-state index contributed by atoms with van der Waals surface area (Å²) in [5.74, 6) is 0.433. The van der Waals surface area contributed by atoms with E-state index in [1.54, 1.807) is 35.4 Å². The van der Waals surface area contributed by atoms with E-state index in [0.29, 0.717) is 44.7 Å². The van der Waals surface area contributed by atoms with Crippen LogP contribution in [0, 0.1) is 28.6 Å². The van der Waals surface area contributed by atoms with Crippen molar-refractivity contribution in [3.8, 4) is 0 Å². The Morgan fingerprint density at radius 1 is 1.12 bits per heavy atom. The third kappa shape index (κ3) is 6.32. The Balaban J connectivity index is 1.39. The van der Waals surface area contributed by atoms with Crippen LogP contribution < -0.4 is 5.32 Å². The first-order chi connectivity index (χ1) is 19.1. The number of alkyl halides is 2. The van der Waals surface area contributed by atoms with Gasteiger partial charge in [-0.05, 0) is 101 Å². The summed E-state index contributed by atoms with van der Waals surface area (Å²) in [5, 5.41) is 12.2. The second-order valence-corrected chi connectivity index (χ2v) is 14.9. The summed E-state index contributed by atoms with van der Waals surface area (Å²) in [7, 11) is -0.237. The lowest BCUT2D eigenvalue weighted by Crippen LogP contribution is -2.55. The fraction of sp³-hybridized carbons (Fsp3) is 0.862. The molecule has 0 radical (unpaired) electrons. The van der Waals surface area contributed by atoms with Gasteiger partial charge < -0.3 is 20.0 Å². The molecular formula is C29H47F2N5O3S. The molecule has 40 heavy (non-hydrogen) atoms. The third-order valence-electron chi connectivity index (χ3n) is 10.5. The van der Waals surface area contributed by atoms with Crippen molar-refractivity contribution in [2.45, 2.75) is 113 Å². The highest BCUT2D eigenvalue weighted by Crippen LogP contribution is 2.53. The lowest BCUT2D eigenvalue weighted by molar-refractivity contribution is -0.0624. The van der Waals surface area contributed by atoms with Crippen LogP contribution in [0.25, 0.3) is 0 Å². The zero-order valence-corrected chi connectivity index (χ0v) is 24.8. The molecule has 1 aliphatic heterocycles. The number of imidazole rings is 1. The van der Waals surface area contributed by atoms with Crippen LogP contribution in [-0.4, -0.2) is 79.2 Å². The zero-order valence-electron chi connectivity index (χ0n) is 24.0. The van der Waals surface area contributed by atoms with Gasteiger partial charge in [-0.25, -0.2) is 22.2 Å². The van der Waals surface area contributed by atoms with E-state index >= 15 is 0 Å². The molecule has 3 aliphatic carbocycles. The molecule has 226 valence electrons. The van der Waals surface area contributed by atoms with Gasteiger partial charge in [-0.1, -0.05) is 0 Å². The molecule has 5 unspecified atom stereocenters. The van der Waals surface area contributed by atoms with Crippen LogP contribution in [0.1, 0.15) is 77.0 Å². The lowest BCUT2D eigenvalue weighted by atomic mass is 9.59. The van der Waals surface area contributed by atoms with Crippen LogP contribution in [0.2, 0.25) is 0 Å². The molecule has 0 bridgehead atoms. The van der Waals surface area contributed by atoms with Gasteiger partial charge in [0.25, 0.3) is 10.0 Å². The van der Waals surface area contributed by atoms with Gasteiger partial charge in [-0.15, -0.1) is 0 Å². The van der Waals surface area contributed by atoms with E-state index in [1.165, 1.54) is 6.33 Å². The molecular weight excluding hydrogens is 536 g/mol. The lowest BCUT2D eigenvalue weighted by Gasteiger charge is -2.50. The topological polar surface area (TPSA) is 100 Å². The SMILES string of the molecule is COC1CC(NC2CCC(F)CC2)C(C=N)CC1C1(CC2CCC(F)CC2)CCN(S(=O)(=O)c2cn(C)cn2)C1. The first kappa shape index (κ1) is 30.0. The Bertz CT molecular complexity index is 1100. The number of aromatic nitrogens is 2. The number of hydrogen-bond donors (Lipinski definition) is 2. The Kier molecular flexibility index (Phi) is 9.34. The maximum absolute atomic E-state index is 14.0. The van der Waals surface area contributed by atoms with Crippen LogP contribution in [-0.2, 0) is 21.8 Å². The Morgan fingerprint density at radius 2 is 1.80 bits per heavy atom. The van der Waals surface area contributed by atoms with Crippen LogP contribution in [0.15, 0.2) is 17.6 Å². The van der Waals surface area contributed by atoms with E-state index < -0.39 is 22.4 Å². The number of hydrogen-bond acceptors (Lipinski definition) is 6. The minimum Gasteiger partial charge on any atom is -0.381 e. The number of rotatable bonds is 9. The molecule has 11 heteroatoms. The number of halogens is 2. The monoisotopic (exact) mass is 583 g/mol. The van der Waals surface area contributed by atoms with E-state index in [0.717, 1.165) is 51.4 Å². The van der Waals surface area contributed by atoms with Gasteiger partial charge in [0.2, 0.25) is 0 Å². The Morgan fingerprint density at radius 3 is 2.40 bits per heavy atom. The van der Waals surface area contributed by atoms with Gasteiger partial charge in [0.15, 0.2) is 5.03 Å². The molecule has 3 saturated carbocycles. The fourth-order valence-electron chi connectivity index (χ4n) is 8.24. The van der Waals surface area contributed by atoms with Crippen molar-refractivity contribution in [2.24, 2.45) is 30.2 Å². The molecule has 8 nitrogen and oxygen atoms in total. The molecule has 2 N–H and O–H groups in total. The molecule has 4 aliphatic rings. The molecule has 4 fully saturated rings.